The third-order valence-electron chi connectivity index (χ3n) is 14.8. The SMILES string of the molecule is c1ccc(-c2nc(-c3ccc(-c4cccc5ccccc45)cc3)nc(-n3c4ccc(-c5ccc6c(c5)c5ccccc5n6-c5ccccc5)cc4c4c5ccccc5c5c(c43)-c3ccccc3C5)n2)cc1. The Morgan fingerprint density at radius 3 is 1.68 bits per heavy atom. The Balaban J connectivity index is 0.990. The number of hydrogen-bond acceptors (Lipinski definition) is 3. The van der Waals surface area contributed by atoms with Crippen molar-refractivity contribution in [2.45, 2.75) is 6.42 Å². The highest BCUT2D eigenvalue weighted by atomic mass is 15.2. The van der Waals surface area contributed by atoms with Crippen molar-refractivity contribution in [3.63, 3.8) is 0 Å². The van der Waals surface area contributed by atoms with Crippen molar-refractivity contribution in [1.29, 1.82) is 0 Å². The van der Waals surface area contributed by atoms with Gasteiger partial charge in [0.2, 0.25) is 5.95 Å². The fourth-order valence-electron chi connectivity index (χ4n) is 11.6. The smallest absolute Gasteiger partial charge is 0.238 e. The molecule has 0 N–H and O–H groups in total. The highest BCUT2D eigenvalue weighted by Crippen LogP contribution is 2.50. The molecular weight excluding hydrogens is 863 g/mol. The third kappa shape index (κ3) is 6.09. The van der Waals surface area contributed by atoms with Crippen LogP contribution in [0.3, 0.4) is 0 Å². The molecule has 3 heterocycles. The van der Waals surface area contributed by atoms with Crippen molar-refractivity contribution in [1.82, 2.24) is 24.1 Å². The van der Waals surface area contributed by atoms with Gasteiger partial charge in [0.1, 0.15) is 0 Å². The highest BCUT2D eigenvalue weighted by Gasteiger charge is 2.30. The van der Waals surface area contributed by atoms with Crippen molar-refractivity contribution in [3.8, 4) is 67.8 Å². The van der Waals surface area contributed by atoms with Crippen LogP contribution in [0.1, 0.15) is 11.1 Å². The third-order valence-corrected chi connectivity index (χ3v) is 14.8. The van der Waals surface area contributed by atoms with Crippen molar-refractivity contribution in [2.75, 3.05) is 0 Å². The van der Waals surface area contributed by atoms with Gasteiger partial charge in [-0.2, -0.15) is 9.97 Å². The minimum Gasteiger partial charge on any atom is -0.309 e. The number of hydrogen-bond donors (Lipinski definition) is 0. The molecule has 5 nitrogen and oxygen atoms in total. The minimum atomic E-state index is 0.580. The van der Waals surface area contributed by atoms with Gasteiger partial charge >= 0.3 is 0 Å². The predicted molar refractivity (Wildman–Crippen MR) is 294 cm³/mol. The van der Waals surface area contributed by atoms with Crippen LogP contribution in [0.5, 0.6) is 0 Å². The van der Waals surface area contributed by atoms with Gasteiger partial charge in [0, 0.05) is 43.9 Å². The topological polar surface area (TPSA) is 48.5 Å². The lowest BCUT2D eigenvalue weighted by Gasteiger charge is -2.15. The lowest BCUT2D eigenvalue weighted by molar-refractivity contribution is 0.954. The van der Waals surface area contributed by atoms with E-state index in [0.29, 0.717) is 17.6 Å². The molecule has 0 saturated carbocycles. The molecule has 0 spiro atoms. The number of benzene rings is 11. The molecule has 0 amide bonds. The first-order chi connectivity index (χ1) is 35.2. The summed E-state index contributed by atoms with van der Waals surface area (Å²) < 4.78 is 4.71. The summed E-state index contributed by atoms with van der Waals surface area (Å²) in [7, 11) is 0. The molecule has 0 saturated heterocycles. The normalized spacial score (nSPS) is 12.2. The molecule has 0 fully saturated rings. The Morgan fingerprint density at radius 2 is 0.887 bits per heavy atom. The van der Waals surface area contributed by atoms with E-state index in [1.165, 1.54) is 76.6 Å². The Hall–Kier alpha value is -9.45. The summed E-state index contributed by atoms with van der Waals surface area (Å²) in [6, 6.07) is 85.2. The molecule has 0 aliphatic heterocycles. The number of para-hydroxylation sites is 2. The fraction of sp³-hybridized carbons (Fsp3) is 0.0152. The van der Waals surface area contributed by atoms with E-state index >= 15 is 0 Å². The van der Waals surface area contributed by atoms with Gasteiger partial charge in [-0.25, -0.2) is 4.98 Å². The molecule has 15 rings (SSSR count). The first-order valence-corrected chi connectivity index (χ1v) is 24.3. The monoisotopic (exact) mass is 903 g/mol. The zero-order valence-corrected chi connectivity index (χ0v) is 38.5. The molecule has 330 valence electrons. The highest BCUT2D eigenvalue weighted by molar-refractivity contribution is 6.27. The molecule has 0 radical (unpaired) electrons. The predicted octanol–water partition coefficient (Wildman–Crippen LogP) is 16.6. The molecule has 1 aliphatic carbocycles. The summed E-state index contributed by atoms with van der Waals surface area (Å²) in [5.74, 6) is 1.82. The first-order valence-electron chi connectivity index (χ1n) is 24.3. The van der Waals surface area contributed by atoms with E-state index in [2.05, 4.69) is 228 Å². The van der Waals surface area contributed by atoms with Crippen molar-refractivity contribution >= 4 is 65.2 Å². The molecule has 5 heteroatoms. The zero-order chi connectivity index (χ0) is 46.6. The number of rotatable bonds is 6. The van der Waals surface area contributed by atoms with Gasteiger partial charge in [0.15, 0.2) is 11.6 Å². The zero-order valence-electron chi connectivity index (χ0n) is 38.5. The summed E-state index contributed by atoms with van der Waals surface area (Å²) in [5.41, 5.74) is 17.3. The molecular formula is C66H41N5. The van der Waals surface area contributed by atoms with Gasteiger partial charge in [-0.3, -0.25) is 4.57 Å². The molecule has 3 aromatic heterocycles. The van der Waals surface area contributed by atoms with Gasteiger partial charge in [-0.05, 0) is 109 Å². The van der Waals surface area contributed by atoms with E-state index in [-0.39, 0.29) is 0 Å². The molecule has 0 unspecified atom stereocenters. The average molecular weight is 904 g/mol. The van der Waals surface area contributed by atoms with Gasteiger partial charge in [-0.15, -0.1) is 0 Å². The maximum absolute atomic E-state index is 5.50. The molecule has 0 atom stereocenters. The van der Waals surface area contributed by atoms with Crippen molar-refractivity contribution < 1.29 is 0 Å². The quantitative estimate of drug-likeness (QED) is 0.167. The summed E-state index contributed by atoms with van der Waals surface area (Å²) in [6.45, 7) is 0. The van der Waals surface area contributed by atoms with Crippen LogP contribution >= 0.6 is 0 Å². The molecule has 0 bridgehead atoms. The van der Waals surface area contributed by atoms with Crippen molar-refractivity contribution in [3.05, 3.63) is 248 Å². The molecule has 1 aliphatic rings. The second kappa shape index (κ2) is 15.5. The fourth-order valence-corrected chi connectivity index (χ4v) is 11.6. The van der Waals surface area contributed by atoms with Gasteiger partial charge in [0.05, 0.1) is 22.1 Å². The Kier molecular flexibility index (Phi) is 8.65. The summed E-state index contributed by atoms with van der Waals surface area (Å²) in [4.78, 5) is 16.2. The first kappa shape index (κ1) is 39.5. The van der Waals surface area contributed by atoms with Crippen LogP contribution < -0.4 is 0 Å². The van der Waals surface area contributed by atoms with E-state index in [4.69, 9.17) is 15.0 Å². The standard InChI is InChI=1S/C66H41N5/c1-3-17-43(18-4-1)64-67-65(44-32-30-42(31-33-44)50-28-15-20-41-16-7-9-23-49(41)50)69-66(68-64)71-60-37-35-46(45-34-36-59-55(38-45)53-26-13-14-29-58(53)70(59)48-21-5-2-6-22-48)39-57(60)62-54-27-12-11-25-52(54)56-40-47-19-8-10-24-51(47)61(56)63(62)71/h1-39H,40H2. The minimum absolute atomic E-state index is 0.580. The van der Waals surface area contributed by atoms with Gasteiger partial charge < -0.3 is 4.57 Å². The van der Waals surface area contributed by atoms with Crippen LogP contribution in [0.15, 0.2) is 237 Å². The van der Waals surface area contributed by atoms with E-state index in [1.807, 2.05) is 18.2 Å². The Morgan fingerprint density at radius 1 is 0.338 bits per heavy atom. The average Bonchev–Trinajstić information content (AvgIpc) is 4.11. The molecule has 11 aromatic carbocycles. The van der Waals surface area contributed by atoms with Crippen LogP contribution in [0.2, 0.25) is 0 Å². The van der Waals surface area contributed by atoms with Crippen LogP contribution in [0.25, 0.3) is 133 Å². The van der Waals surface area contributed by atoms with Crippen LogP contribution in [-0.4, -0.2) is 24.1 Å². The van der Waals surface area contributed by atoms with Crippen molar-refractivity contribution in [2.24, 2.45) is 0 Å². The van der Waals surface area contributed by atoms with Crippen LogP contribution in [0, 0.1) is 0 Å². The second-order valence-electron chi connectivity index (χ2n) is 18.7. The van der Waals surface area contributed by atoms with E-state index in [0.717, 1.165) is 56.3 Å². The summed E-state index contributed by atoms with van der Waals surface area (Å²) in [5, 5.41) is 9.74. The van der Waals surface area contributed by atoms with E-state index < -0.39 is 0 Å². The number of nitrogens with zero attached hydrogens (tertiary/aromatic N) is 5. The molecule has 14 aromatic rings. The molecule has 71 heavy (non-hydrogen) atoms. The number of fused-ring (bicyclic) bond motifs is 14. The van der Waals surface area contributed by atoms with E-state index in [9.17, 15) is 0 Å². The van der Waals surface area contributed by atoms with E-state index in [1.54, 1.807) is 0 Å². The lowest BCUT2D eigenvalue weighted by Crippen LogP contribution is -2.07. The van der Waals surface area contributed by atoms with Crippen LogP contribution in [0.4, 0.5) is 0 Å². The van der Waals surface area contributed by atoms with Gasteiger partial charge in [-0.1, -0.05) is 194 Å². The summed E-state index contributed by atoms with van der Waals surface area (Å²) >= 11 is 0. The maximum atomic E-state index is 5.50. The maximum Gasteiger partial charge on any atom is 0.238 e. The lowest BCUT2D eigenvalue weighted by atomic mass is 9.93. The van der Waals surface area contributed by atoms with Gasteiger partial charge in [0.25, 0.3) is 0 Å². The van der Waals surface area contributed by atoms with Crippen LogP contribution in [-0.2, 0) is 6.42 Å². The second-order valence-corrected chi connectivity index (χ2v) is 18.7. The summed E-state index contributed by atoms with van der Waals surface area (Å²) in [6.07, 6.45) is 0.853. The largest absolute Gasteiger partial charge is 0.309 e. The Labute approximate surface area is 409 Å². The Bertz CT molecular complexity index is 4470. The number of aromatic nitrogens is 5.